The number of aromatic hydroxyl groups is 3. The molecule has 0 saturated heterocycles. The fourth-order valence-electron chi connectivity index (χ4n) is 3.27. The first-order valence-electron chi connectivity index (χ1n) is 10.7. The molecule has 1 heterocycles. The molecule has 35 heavy (non-hydrogen) atoms. The van der Waals surface area contributed by atoms with Gasteiger partial charge in [-0.25, -0.2) is 15.0 Å². The lowest BCUT2D eigenvalue weighted by Gasteiger charge is -2.12. The van der Waals surface area contributed by atoms with Crippen LogP contribution in [-0.4, -0.2) is 66.9 Å². The van der Waals surface area contributed by atoms with Crippen molar-refractivity contribution in [3.8, 4) is 62.9 Å². The Labute approximate surface area is 200 Å². The van der Waals surface area contributed by atoms with Gasteiger partial charge in [0.15, 0.2) is 17.5 Å². The summed E-state index contributed by atoms with van der Waals surface area (Å²) < 4.78 is 10.7. The number of aromatic nitrogens is 3. The van der Waals surface area contributed by atoms with Crippen LogP contribution < -0.4 is 9.47 Å². The molecule has 0 atom stereocenters. The van der Waals surface area contributed by atoms with Gasteiger partial charge in [0.2, 0.25) is 0 Å². The molecule has 0 bridgehead atoms. The lowest BCUT2D eigenvalue weighted by molar-refractivity contribution is 0.201. The molecule has 10 heteroatoms. The zero-order valence-corrected chi connectivity index (χ0v) is 18.5. The summed E-state index contributed by atoms with van der Waals surface area (Å²) in [6.07, 6.45) is 0. The third kappa shape index (κ3) is 5.57. The molecule has 0 aliphatic carbocycles. The minimum Gasteiger partial charge on any atom is -0.508 e. The molecule has 0 aliphatic heterocycles. The summed E-state index contributed by atoms with van der Waals surface area (Å²) in [5.74, 6) is 0.979. The predicted octanol–water partition coefficient (Wildman–Crippen LogP) is 2.73. The maximum atomic E-state index is 10.6. The first-order valence-corrected chi connectivity index (χ1v) is 10.7. The van der Waals surface area contributed by atoms with Crippen molar-refractivity contribution in [2.75, 3.05) is 26.4 Å². The summed E-state index contributed by atoms with van der Waals surface area (Å²) >= 11 is 0. The highest BCUT2D eigenvalue weighted by molar-refractivity contribution is 5.72. The van der Waals surface area contributed by atoms with Crippen molar-refractivity contribution in [1.82, 2.24) is 15.0 Å². The molecule has 3 aromatic carbocycles. The van der Waals surface area contributed by atoms with Crippen molar-refractivity contribution in [2.24, 2.45) is 0 Å². The highest BCUT2D eigenvalue weighted by Gasteiger charge is 2.17. The standard InChI is InChI=1S/C25H23N3O7/c29-9-11-34-17-4-1-15(2-5-17)23-26-24(19-7-3-16(31)13-21(19)32)28-25(27-23)20-8-6-18(14-22(20)33)35-12-10-30/h1-8,13-14,29-33H,9-12H2. The maximum Gasteiger partial charge on any atom is 0.167 e. The van der Waals surface area contributed by atoms with Crippen LogP contribution in [0.4, 0.5) is 0 Å². The molecule has 4 aromatic rings. The van der Waals surface area contributed by atoms with Crippen molar-refractivity contribution in [2.45, 2.75) is 0 Å². The van der Waals surface area contributed by atoms with Gasteiger partial charge in [-0.1, -0.05) is 0 Å². The Morgan fingerprint density at radius 2 is 1.09 bits per heavy atom. The molecule has 0 spiro atoms. The van der Waals surface area contributed by atoms with Crippen LogP contribution in [0.25, 0.3) is 34.2 Å². The van der Waals surface area contributed by atoms with Crippen molar-refractivity contribution < 1.29 is 35.0 Å². The van der Waals surface area contributed by atoms with E-state index in [4.69, 9.17) is 19.7 Å². The topological polar surface area (TPSA) is 158 Å². The van der Waals surface area contributed by atoms with E-state index in [1.54, 1.807) is 36.4 Å². The van der Waals surface area contributed by atoms with Gasteiger partial charge in [-0.2, -0.15) is 0 Å². The molecule has 4 rings (SSSR count). The molecule has 1 aromatic heterocycles. The molecule has 0 amide bonds. The van der Waals surface area contributed by atoms with Gasteiger partial charge in [0.1, 0.15) is 42.0 Å². The maximum absolute atomic E-state index is 10.6. The summed E-state index contributed by atoms with van der Waals surface area (Å²) in [7, 11) is 0. The largest absolute Gasteiger partial charge is 0.508 e. The molecule has 0 aliphatic rings. The van der Waals surface area contributed by atoms with Crippen LogP contribution in [0.5, 0.6) is 28.7 Å². The van der Waals surface area contributed by atoms with Gasteiger partial charge >= 0.3 is 0 Å². The second-order valence-electron chi connectivity index (χ2n) is 7.36. The van der Waals surface area contributed by atoms with Gasteiger partial charge < -0.3 is 35.0 Å². The Morgan fingerprint density at radius 1 is 0.571 bits per heavy atom. The zero-order chi connectivity index (χ0) is 24.8. The average Bonchev–Trinajstić information content (AvgIpc) is 2.86. The lowest BCUT2D eigenvalue weighted by atomic mass is 10.1. The molecular formula is C25H23N3O7. The molecule has 0 radical (unpaired) electrons. The molecule has 0 unspecified atom stereocenters. The Balaban J connectivity index is 1.80. The molecule has 5 N–H and O–H groups in total. The number of benzene rings is 3. The highest BCUT2D eigenvalue weighted by Crippen LogP contribution is 2.35. The average molecular weight is 477 g/mol. The second kappa shape index (κ2) is 10.7. The number of rotatable bonds is 9. The number of hydrogen-bond acceptors (Lipinski definition) is 10. The summed E-state index contributed by atoms with van der Waals surface area (Å²) in [5.41, 5.74) is 1.18. The van der Waals surface area contributed by atoms with E-state index >= 15 is 0 Å². The van der Waals surface area contributed by atoms with Crippen LogP contribution in [0.3, 0.4) is 0 Å². The van der Waals surface area contributed by atoms with Crippen LogP contribution in [0.1, 0.15) is 0 Å². The van der Waals surface area contributed by atoms with Crippen LogP contribution in [0, 0.1) is 0 Å². The molecule has 180 valence electrons. The lowest BCUT2D eigenvalue weighted by Crippen LogP contribution is -2.03. The number of phenolic OH excluding ortho intramolecular Hbond substituents is 3. The smallest absolute Gasteiger partial charge is 0.167 e. The molecule has 10 nitrogen and oxygen atoms in total. The minimum atomic E-state index is -0.224. The van der Waals surface area contributed by atoms with Gasteiger partial charge in [-0.3, -0.25) is 0 Å². The van der Waals surface area contributed by atoms with Crippen LogP contribution in [-0.2, 0) is 0 Å². The van der Waals surface area contributed by atoms with E-state index in [1.807, 2.05) is 0 Å². The monoisotopic (exact) mass is 477 g/mol. The molecule has 0 saturated carbocycles. The minimum absolute atomic E-state index is 0.0803. The fourth-order valence-corrected chi connectivity index (χ4v) is 3.27. The van der Waals surface area contributed by atoms with Crippen LogP contribution in [0.2, 0.25) is 0 Å². The van der Waals surface area contributed by atoms with Gasteiger partial charge in [0.05, 0.1) is 24.3 Å². The third-order valence-electron chi connectivity index (χ3n) is 4.90. The Hall–Kier alpha value is -4.41. The number of nitrogens with zero attached hydrogens (tertiary/aromatic N) is 3. The number of aliphatic hydroxyl groups is 2. The van der Waals surface area contributed by atoms with Crippen LogP contribution >= 0.6 is 0 Å². The van der Waals surface area contributed by atoms with Gasteiger partial charge in [0, 0.05) is 17.7 Å². The van der Waals surface area contributed by atoms with Crippen molar-refractivity contribution in [1.29, 1.82) is 0 Å². The fraction of sp³-hybridized carbons (Fsp3) is 0.160. The summed E-state index contributed by atoms with van der Waals surface area (Å²) in [4.78, 5) is 13.5. The normalized spacial score (nSPS) is 10.8. The number of ether oxygens (including phenoxy) is 2. The van der Waals surface area contributed by atoms with E-state index in [1.165, 1.54) is 24.3 Å². The van der Waals surface area contributed by atoms with Gasteiger partial charge in [0.25, 0.3) is 0 Å². The summed E-state index contributed by atoms with van der Waals surface area (Å²) in [6.45, 7) is -0.0260. The van der Waals surface area contributed by atoms with E-state index in [-0.39, 0.29) is 66.7 Å². The van der Waals surface area contributed by atoms with Crippen LogP contribution in [0.15, 0.2) is 60.7 Å². The summed E-state index contributed by atoms with van der Waals surface area (Å²) in [5, 5.41) is 48.5. The summed E-state index contributed by atoms with van der Waals surface area (Å²) in [6, 6.07) is 15.5. The van der Waals surface area contributed by atoms with E-state index in [0.29, 0.717) is 22.6 Å². The first kappa shape index (κ1) is 23.7. The van der Waals surface area contributed by atoms with E-state index in [0.717, 1.165) is 0 Å². The first-order chi connectivity index (χ1) is 17.0. The SMILES string of the molecule is OCCOc1ccc(-c2nc(-c3ccc(O)cc3O)nc(-c3ccc(OCCO)cc3O)n2)cc1. The van der Waals surface area contributed by atoms with Gasteiger partial charge in [-0.05, 0) is 48.5 Å². The van der Waals surface area contributed by atoms with E-state index in [9.17, 15) is 15.3 Å². The Kier molecular flexibility index (Phi) is 7.24. The highest BCUT2D eigenvalue weighted by atomic mass is 16.5. The number of aliphatic hydroxyl groups excluding tert-OH is 2. The predicted molar refractivity (Wildman–Crippen MR) is 126 cm³/mol. The van der Waals surface area contributed by atoms with Crippen molar-refractivity contribution >= 4 is 0 Å². The second-order valence-corrected chi connectivity index (χ2v) is 7.36. The quantitative estimate of drug-likeness (QED) is 0.243. The van der Waals surface area contributed by atoms with E-state index < -0.39 is 0 Å². The Bertz CT molecular complexity index is 1310. The number of hydrogen-bond donors (Lipinski definition) is 5. The van der Waals surface area contributed by atoms with Crippen molar-refractivity contribution in [3.05, 3.63) is 60.7 Å². The zero-order valence-electron chi connectivity index (χ0n) is 18.5. The Morgan fingerprint density at radius 3 is 1.66 bits per heavy atom. The van der Waals surface area contributed by atoms with Gasteiger partial charge in [-0.15, -0.1) is 0 Å². The molecular weight excluding hydrogens is 454 g/mol. The van der Waals surface area contributed by atoms with Crippen molar-refractivity contribution in [3.63, 3.8) is 0 Å². The third-order valence-corrected chi connectivity index (χ3v) is 4.90. The van der Waals surface area contributed by atoms with E-state index in [2.05, 4.69) is 15.0 Å². The number of phenols is 3. The molecule has 0 fully saturated rings.